The van der Waals surface area contributed by atoms with Crippen molar-refractivity contribution >= 4 is 34.8 Å². The minimum Gasteiger partial charge on any atom is -0.245 e. The van der Waals surface area contributed by atoms with Gasteiger partial charge in [-0.1, -0.05) is 65.1 Å². The van der Waals surface area contributed by atoms with Crippen LogP contribution in [-0.4, -0.2) is 9.97 Å². The molecule has 0 aliphatic rings. The van der Waals surface area contributed by atoms with Crippen molar-refractivity contribution in [3.05, 3.63) is 47.4 Å². The van der Waals surface area contributed by atoms with Crippen LogP contribution in [0.25, 0.3) is 11.3 Å². The van der Waals surface area contributed by atoms with Crippen molar-refractivity contribution in [1.82, 2.24) is 9.97 Å². The van der Waals surface area contributed by atoms with Crippen molar-refractivity contribution < 1.29 is 0 Å². The Labute approximate surface area is 108 Å². The van der Waals surface area contributed by atoms with Crippen molar-refractivity contribution in [2.24, 2.45) is 0 Å². The first-order valence-electron chi connectivity index (χ1n) is 4.54. The Hall–Kier alpha value is -0.830. The molecule has 0 saturated carbocycles. The largest absolute Gasteiger partial charge is 0.245 e. The summed E-state index contributed by atoms with van der Waals surface area (Å²) in [5, 5.41) is 0.231. The van der Waals surface area contributed by atoms with Crippen molar-refractivity contribution in [3.8, 4) is 11.3 Å². The maximum absolute atomic E-state index is 5.84. The number of aromatic nitrogens is 2. The Morgan fingerprint density at radius 3 is 2.38 bits per heavy atom. The molecule has 0 N–H and O–H groups in total. The van der Waals surface area contributed by atoms with E-state index >= 15 is 0 Å². The van der Waals surface area contributed by atoms with E-state index in [0.29, 0.717) is 11.4 Å². The van der Waals surface area contributed by atoms with Crippen LogP contribution in [0, 0.1) is 0 Å². The number of hydrogen-bond acceptors (Lipinski definition) is 2. The molecule has 0 aliphatic carbocycles. The van der Waals surface area contributed by atoms with E-state index in [1.54, 1.807) is 6.20 Å². The molecule has 0 bridgehead atoms. The Kier molecular flexibility index (Phi) is 3.64. The Balaban J connectivity index is 2.48. The average molecular weight is 274 g/mol. The van der Waals surface area contributed by atoms with Gasteiger partial charge in [0, 0.05) is 5.56 Å². The highest BCUT2D eigenvalue weighted by atomic mass is 35.5. The molecular formula is C11H7Cl3N2. The maximum atomic E-state index is 5.84. The van der Waals surface area contributed by atoms with Gasteiger partial charge in [-0.2, -0.15) is 0 Å². The predicted molar refractivity (Wildman–Crippen MR) is 66.9 cm³/mol. The van der Waals surface area contributed by atoms with E-state index in [0.717, 1.165) is 5.56 Å². The average Bonchev–Trinajstić information content (AvgIpc) is 2.30. The third kappa shape index (κ3) is 2.46. The monoisotopic (exact) mass is 272 g/mol. The molecule has 0 saturated heterocycles. The van der Waals surface area contributed by atoms with Crippen LogP contribution in [0.1, 0.15) is 10.5 Å². The van der Waals surface area contributed by atoms with E-state index in [-0.39, 0.29) is 5.15 Å². The van der Waals surface area contributed by atoms with Gasteiger partial charge >= 0.3 is 0 Å². The molecule has 2 nitrogen and oxygen atoms in total. The first-order valence-corrected chi connectivity index (χ1v) is 5.79. The fourth-order valence-electron chi connectivity index (χ4n) is 1.28. The molecule has 1 aromatic carbocycles. The van der Waals surface area contributed by atoms with Crippen molar-refractivity contribution in [2.75, 3.05) is 0 Å². The molecule has 0 unspecified atom stereocenters. The van der Waals surface area contributed by atoms with E-state index in [9.17, 15) is 0 Å². The van der Waals surface area contributed by atoms with Gasteiger partial charge < -0.3 is 0 Å². The number of alkyl halides is 2. The Bertz CT molecular complexity index is 486. The molecule has 16 heavy (non-hydrogen) atoms. The van der Waals surface area contributed by atoms with Crippen LogP contribution in [0.4, 0.5) is 0 Å². The topological polar surface area (TPSA) is 25.8 Å². The highest BCUT2D eigenvalue weighted by Crippen LogP contribution is 2.29. The Morgan fingerprint density at radius 1 is 1.06 bits per heavy atom. The number of halogens is 3. The molecule has 0 amide bonds. The van der Waals surface area contributed by atoms with Gasteiger partial charge in [-0.15, -0.1) is 0 Å². The van der Waals surface area contributed by atoms with Gasteiger partial charge in [0.15, 0.2) is 9.99 Å². The fraction of sp³-hybridized carbons (Fsp3) is 0.0909. The zero-order chi connectivity index (χ0) is 11.5. The SMILES string of the molecule is Clc1ncc(-c2ccccc2)nc1C(Cl)Cl. The highest BCUT2D eigenvalue weighted by Gasteiger charge is 2.13. The summed E-state index contributed by atoms with van der Waals surface area (Å²) >= 11 is 17.3. The lowest BCUT2D eigenvalue weighted by Gasteiger charge is -2.06. The summed E-state index contributed by atoms with van der Waals surface area (Å²) in [4.78, 5) is 7.52. The van der Waals surface area contributed by atoms with Gasteiger partial charge in [-0.3, -0.25) is 0 Å². The first kappa shape index (κ1) is 11.6. The van der Waals surface area contributed by atoms with Crippen molar-refractivity contribution in [2.45, 2.75) is 4.84 Å². The van der Waals surface area contributed by atoms with Gasteiger partial charge in [0.1, 0.15) is 5.69 Å². The summed E-state index contributed by atoms with van der Waals surface area (Å²) in [5.41, 5.74) is 2.03. The molecule has 0 radical (unpaired) electrons. The van der Waals surface area contributed by atoms with E-state index < -0.39 is 4.84 Å². The number of nitrogens with zero attached hydrogens (tertiary/aromatic N) is 2. The van der Waals surface area contributed by atoms with Gasteiger partial charge in [0.2, 0.25) is 0 Å². The van der Waals surface area contributed by atoms with Crippen molar-refractivity contribution in [3.63, 3.8) is 0 Å². The maximum Gasteiger partial charge on any atom is 0.153 e. The first-order chi connectivity index (χ1) is 7.68. The highest BCUT2D eigenvalue weighted by molar-refractivity contribution is 6.45. The van der Waals surface area contributed by atoms with Crippen LogP contribution in [-0.2, 0) is 0 Å². The van der Waals surface area contributed by atoms with Crippen LogP contribution in [0.5, 0.6) is 0 Å². The van der Waals surface area contributed by atoms with Gasteiger partial charge in [0.25, 0.3) is 0 Å². The molecular weight excluding hydrogens is 266 g/mol. The van der Waals surface area contributed by atoms with Crippen LogP contribution in [0.15, 0.2) is 36.5 Å². The minimum absolute atomic E-state index is 0.231. The lowest BCUT2D eigenvalue weighted by molar-refractivity contribution is 1.08. The number of rotatable bonds is 2. The third-order valence-corrected chi connectivity index (χ3v) is 2.73. The van der Waals surface area contributed by atoms with Crippen LogP contribution in [0.3, 0.4) is 0 Å². The lowest BCUT2D eigenvalue weighted by atomic mass is 10.2. The normalized spacial score (nSPS) is 10.8. The number of benzene rings is 1. The summed E-state index contributed by atoms with van der Waals surface area (Å²) in [5.74, 6) is 0. The summed E-state index contributed by atoms with van der Waals surface area (Å²) in [6.07, 6.45) is 1.59. The van der Waals surface area contributed by atoms with E-state index in [4.69, 9.17) is 34.8 Å². The third-order valence-electron chi connectivity index (χ3n) is 2.03. The summed E-state index contributed by atoms with van der Waals surface area (Å²) in [6, 6.07) is 9.63. The van der Waals surface area contributed by atoms with Crippen LogP contribution in [0.2, 0.25) is 5.15 Å². The lowest BCUT2D eigenvalue weighted by Crippen LogP contribution is -1.95. The molecule has 5 heteroatoms. The summed E-state index contributed by atoms with van der Waals surface area (Å²) in [6.45, 7) is 0. The van der Waals surface area contributed by atoms with E-state index in [1.165, 1.54) is 0 Å². The van der Waals surface area contributed by atoms with E-state index in [1.807, 2.05) is 30.3 Å². The molecule has 0 fully saturated rings. The summed E-state index contributed by atoms with van der Waals surface area (Å²) < 4.78 is 0. The molecule has 0 atom stereocenters. The molecule has 1 heterocycles. The molecule has 0 aliphatic heterocycles. The van der Waals surface area contributed by atoms with Crippen molar-refractivity contribution in [1.29, 1.82) is 0 Å². The smallest absolute Gasteiger partial charge is 0.153 e. The van der Waals surface area contributed by atoms with Crippen LogP contribution >= 0.6 is 34.8 Å². The number of hydrogen-bond donors (Lipinski definition) is 0. The second-order valence-corrected chi connectivity index (χ2v) is 4.55. The van der Waals surface area contributed by atoms with Crippen LogP contribution < -0.4 is 0 Å². The van der Waals surface area contributed by atoms with E-state index in [2.05, 4.69) is 9.97 Å². The zero-order valence-electron chi connectivity index (χ0n) is 8.07. The second kappa shape index (κ2) is 5.00. The zero-order valence-corrected chi connectivity index (χ0v) is 10.3. The molecule has 1 aromatic heterocycles. The molecule has 82 valence electrons. The molecule has 2 rings (SSSR count). The fourth-order valence-corrected chi connectivity index (χ4v) is 1.89. The standard InChI is InChI=1S/C11H7Cl3N2/c12-10(13)9-11(14)15-6-8(16-9)7-4-2-1-3-5-7/h1-6,10H. The van der Waals surface area contributed by atoms with Gasteiger partial charge in [-0.05, 0) is 0 Å². The molecule has 0 spiro atoms. The Morgan fingerprint density at radius 2 is 1.75 bits per heavy atom. The minimum atomic E-state index is -0.774. The molecule has 2 aromatic rings. The van der Waals surface area contributed by atoms with Gasteiger partial charge in [-0.25, -0.2) is 9.97 Å². The van der Waals surface area contributed by atoms with Gasteiger partial charge in [0.05, 0.1) is 11.9 Å². The quantitative estimate of drug-likeness (QED) is 0.764. The summed E-state index contributed by atoms with van der Waals surface area (Å²) in [7, 11) is 0. The second-order valence-electron chi connectivity index (χ2n) is 3.10. The predicted octanol–water partition coefficient (Wildman–Crippen LogP) is 4.27.